The van der Waals surface area contributed by atoms with Crippen molar-refractivity contribution in [1.29, 1.82) is 0 Å². The fraction of sp³-hybridized carbons (Fsp3) is 0.182. The number of nitrogens with zero attached hydrogens (tertiary/aromatic N) is 4. The minimum atomic E-state index is -1.65. The molecule has 13 heteroatoms. The molecule has 5 aromatic rings. The summed E-state index contributed by atoms with van der Waals surface area (Å²) in [5, 5.41) is 35.5. The Morgan fingerprint density at radius 2 is 1.76 bits per heavy atom. The average Bonchev–Trinajstić information content (AvgIpc) is 3.39. The fourth-order valence-electron chi connectivity index (χ4n) is 5.55. The van der Waals surface area contributed by atoms with Crippen molar-refractivity contribution in [2.75, 3.05) is 20.2 Å². The summed E-state index contributed by atoms with van der Waals surface area (Å²) in [4.78, 5) is 31.3. The number of hydrogen-bond acceptors (Lipinski definition) is 8. The van der Waals surface area contributed by atoms with E-state index in [4.69, 9.17) is 21.3 Å². The Kier molecular flexibility index (Phi) is 8.84. The number of aliphatic imine (C=N–C) groups is 1. The number of carbonyl (C=O) groups excluding carboxylic acids is 2. The number of nitrogens with one attached hydrogen (secondary N) is 2. The Bertz CT molecular complexity index is 1980. The molecule has 232 valence electrons. The fourth-order valence-corrected chi connectivity index (χ4v) is 5.67. The van der Waals surface area contributed by atoms with Gasteiger partial charge in [-0.25, -0.2) is 0 Å². The molecule has 0 radical (unpaired) electrons. The summed E-state index contributed by atoms with van der Waals surface area (Å²) >= 11 is 6.18. The van der Waals surface area contributed by atoms with E-state index in [2.05, 4.69) is 20.8 Å². The lowest BCUT2D eigenvalue weighted by molar-refractivity contribution is -0.121. The van der Waals surface area contributed by atoms with Gasteiger partial charge in [-0.2, -0.15) is 0 Å². The van der Waals surface area contributed by atoms with Gasteiger partial charge in [0.2, 0.25) is 5.91 Å². The molecule has 4 aromatic carbocycles. The quantitative estimate of drug-likeness (QED) is 0.144. The molecule has 6 rings (SSSR count). The lowest BCUT2D eigenvalue weighted by Gasteiger charge is -2.14. The van der Waals surface area contributed by atoms with Gasteiger partial charge in [0.05, 0.1) is 24.9 Å². The van der Waals surface area contributed by atoms with Gasteiger partial charge in [-0.05, 0) is 59.6 Å². The van der Waals surface area contributed by atoms with E-state index in [1.807, 2.05) is 47.9 Å². The van der Waals surface area contributed by atoms with E-state index in [9.17, 15) is 19.6 Å². The van der Waals surface area contributed by atoms with Crippen molar-refractivity contribution in [3.8, 4) is 11.4 Å². The smallest absolute Gasteiger partial charge is 0.488 e. The highest BCUT2D eigenvalue weighted by atomic mass is 35.5. The van der Waals surface area contributed by atoms with Crippen LogP contribution in [0, 0.1) is 6.92 Å². The van der Waals surface area contributed by atoms with Crippen molar-refractivity contribution in [1.82, 2.24) is 25.4 Å². The van der Waals surface area contributed by atoms with Crippen LogP contribution in [0.15, 0.2) is 83.9 Å². The summed E-state index contributed by atoms with van der Waals surface area (Å²) in [6, 6.07) is 22.5. The minimum Gasteiger partial charge on any atom is -0.497 e. The van der Waals surface area contributed by atoms with Crippen molar-refractivity contribution in [3.63, 3.8) is 0 Å². The van der Waals surface area contributed by atoms with E-state index in [0.717, 1.165) is 22.2 Å². The molecule has 0 unspecified atom stereocenters. The third-order valence-electron chi connectivity index (χ3n) is 7.81. The Labute approximate surface area is 270 Å². The van der Waals surface area contributed by atoms with Crippen LogP contribution >= 0.6 is 11.6 Å². The number of carbonyl (C=O) groups is 2. The average molecular weight is 637 g/mol. The highest BCUT2D eigenvalue weighted by Crippen LogP contribution is 2.34. The van der Waals surface area contributed by atoms with E-state index >= 15 is 0 Å². The molecule has 1 aliphatic heterocycles. The lowest BCUT2D eigenvalue weighted by atomic mass is 9.79. The van der Waals surface area contributed by atoms with E-state index in [1.54, 1.807) is 49.6 Å². The number of halogens is 1. The maximum atomic E-state index is 13.3. The first-order chi connectivity index (χ1) is 22.2. The molecule has 46 heavy (non-hydrogen) atoms. The largest absolute Gasteiger partial charge is 0.497 e. The predicted molar refractivity (Wildman–Crippen MR) is 176 cm³/mol. The van der Waals surface area contributed by atoms with Crippen molar-refractivity contribution < 1.29 is 24.4 Å². The van der Waals surface area contributed by atoms with E-state index < -0.39 is 13.2 Å². The van der Waals surface area contributed by atoms with Gasteiger partial charge < -0.3 is 25.4 Å². The Morgan fingerprint density at radius 3 is 2.52 bits per heavy atom. The molecule has 0 fully saturated rings. The third kappa shape index (κ3) is 6.23. The van der Waals surface area contributed by atoms with E-state index in [1.165, 1.54) is 0 Å². The Balaban J connectivity index is 1.19. The first-order valence-electron chi connectivity index (χ1n) is 14.6. The number of fused-ring (bicyclic) bond motifs is 4. The normalized spacial score (nSPS) is 13.7. The highest BCUT2D eigenvalue weighted by molar-refractivity contribution is 6.59. The molecular formula is C33H30BClN6O5. The highest BCUT2D eigenvalue weighted by Gasteiger charge is 2.30. The molecule has 1 aliphatic rings. The molecule has 1 aromatic heterocycles. The molecule has 2 heterocycles. The topological polar surface area (TPSA) is 151 Å². The van der Waals surface area contributed by atoms with Crippen LogP contribution in [0.3, 0.4) is 0 Å². The maximum absolute atomic E-state index is 13.3. The molecule has 2 amide bonds. The summed E-state index contributed by atoms with van der Waals surface area (Å²) in [5.74, 6) is 1.21. The van der Waals surface area contributed by atoms with E-state index in [0.29, 0.717) is 39.1 Å². The zero-order chi connectivity index (χ0) is 32.4. The Morgan fingerprint density at radius 1 is 0.978 bits per heavy atom. The van der Waals surface area contributed by atoms with Gasteiger partial charge in [-0.15, -0.1) is 10.2 Å². The minimum absolute atomic E-state index is 0.0100. The number of benzene rings is 4. The summed E-state index contributed by atoms with van der Waals surface area (Å²) in [6.45, 7) is 2.20. The number of rotatable bonds is 9. The van der Waals surface area contributed by atoms with Gasteiger partial charge in [-0.3, -0.25) is 19.1 Å². The number of amides is 2. The summed E-state index contributed by atoms with van der Waals surface area (Å²) in [7, 11) is -0.0475. The van der Waals surface area contributed by atoms with Gasteiger partial charge in [0, 0.05) is 34.8 Å². The monoisotopic (exact) mass is 636 g/mol. The molecule has 0 spiro atoms. The van der Waals surface area contributed by atoms with Crippen LogP contribution in [0.5, 0.6) is 5.75 Å². The second kappa shape index (κ2) is 13.1. The molecule has 1 atom stereocenters. The van der Waals surface area contributed by atoms with Crippen molar-refractivity contribution in [2.24, 2.45) is 4.99 Å². The van der Waals surface area contributed by atoms with Crippen LogP contribution in [0.1, 0.15) is 45.6 Å². The lowest BCUT2D eigenvalue weighted by Crippen LogP contribution is -2.35. The van der Waals surface area contributed by atoms with Crippen LogP contribution in [0.4, 0.5) is 0 Å². The SMILES string of the molecule is COc1ccc2c(c1)C(c1ccc(Cl)cc1)=N[C@@H](CC(=O)NCCNC(=O)c1cccc3ccc(B(O)O)cc13)c1nnc(C)n1-2. The van der Waals surface area contributed by atoms with Crippen molar-refractivity contribution >= 4 is 52.5 Å². The molecular weight excluding hydrogens is 607 g/mol. The number of aromatic nitrogens is 3. The number of aryl methyl sites for hydroxylation is 1. The van der Waals surface area contributed by atoms with Crippen LogP contribution < -0.4 is 20.8 Å². The van der Waals surface area contributed by atoms with Crippen LogP contribution in [-0.2, 0) is 4.79 Å². The zero-order valence-electron chi connectivity index (χ0n) is 25.1. The molecule has 0 aliphatic carbocycles. The summed E-state index contributed by atoms with van der Waals surface area (Å²) < 4.78 is 7.43. The van der Waals surface area contributed by atoms with Crippen LogP contribution in [0.25, 0.3) is 16.5 Å². The molecule has 0 saturated carbocycles. The number of methoxy groups -OCH3 is 1. The van der Waals surface area contributed by atoms with Gasteiger partial charge >= 0.3 is 7.12 Å². The van der Waals surface area contributed by atoms with Crippen molar-refractivity contribution in [3.05, 3.63) is 112 Å². The maximum Gasteiger partial charge on any atom is 0.488 e. The summed E-state index contributed by atoms with van der Waals surface area (Å²) in [5.41, 5.74) is 3.76. The molecule has 11 nitrogen and oxygen atoms in total. The first-order valence-corrected chi connectivity index (χ1v) is 15.0. The third-order valence-corrected chi connectivity index (χ3v) is 8.06. The number of ether oxygens (including phenoxy) is 1. The van der Waals surface area contributed by atoms with Gasteiger partial charge in [-0.1, -0.05) is 54.1 Å². The molecule has 4 N–H and O–H groups in total. The number of hydrogen-bond donors (Lipinski definition) is 4. The van der Waals surface area contributed by atoms with Gasteiger partial charge in [0.1, 0.15) is 17.6 Å². The van der Waals surface area contributed by atoms with Crippen LogP contribution in [0.2, 0.25) is 5.02 Å². The van der Waals surface area contributed by atoms with Crippen molar-refractivity contribution in [2.45, 2.75) is 19.4 Å². The molecule has 0 bridgehead atoms. The Hall–Kier alpha value is -5.04. The molecule has 0 saturated heterocycles. The van der Waals surface area contributed by atoms with Crippen LogP contribution in [-0.4, -0.2) is 69.7 Å². The summed E-state index contributed by atoms with van der Waals surface area (Å²) in [6.07, 6.45) is -0.0100. The predicted octanol–water partition coefficient (Wildman–Crippen LogP) is 2.90. The van der Waals surface area contributed by atoms with E-state index in [-0.39, 0.29) is 36.8 Å². The standard InChI is InChI=1S/C33H30BClN6O5/c1-19-39-40-32-28(38-31(21-7-10-23(35)11-8-21)27-17-24(46-2)12-13-29(27)41(19)32)18-30(42)36-14-15-37-33(43)25-5-3-4-20-6-9-22(34(44)45)16-26(20)25/h3-13,16-17,28,44-45H,14-15,18H2,1-2H3,(H,36,42)(H,37,43)/t28-/m0/s1. The zero-order valence-corrected chi connectivity index (χ0v) is 25.8. The second-order valence-electron chi connectivity index (χ2n) is 10.8. The van der Waals surface area contributed by atoms with Gasteiger partial charge in [0.25, 0.3) is 5.91 Å². The second-order valence-corrected chi connectivity index (χ2v) is 11.2. The first kappa shape index (κ1) is 31.0. The van der Waals surface area contributed by atoms with Gasteiger partial charge in [0.15, 0.2) is 5.82 Å².